The highest BCUT2D eigenvalue weighted by Gasteiger charge is 2.09. The molecule has 28 heavy (non-hydrogen) atoms. The van der Waals surface area contributed by atoms with Gasteiger partial charge in [-0.2, -0.15) is 5.10 Å². The fourth-order valence-corrected chi connectivity index (χ4v) is 3.24. The maximum Gasteiger partial charge on any atom is 0.162 e. The molecule has 138 valence electrons. The summed E-state index contributed by atoms with van der Waals surface area (Å²) in [4.78, 5) is 9.28. The quantitative estimate of drug-likeness (QED) is 0.291. The molecule has 4 nitrogen and oxygen atoms in total. The van der Waals surface area contributed by atoms with E-state index in [1.54, 1.807) is 24.4 Å². The fourth-order valence-electron chi connectivity index (χ4n) is 2.66. The van der Waals surface area contributed by atoms with Crippen molar-refractivity contribution in [1.82, 2.24) is 9.97 Å². The summed E-state index contributed by atoms with van der Waals surface area (Å²) in [5, 5.41) is 6.90. The Kier molecular flexibility index (Phi) is 5.44. The van der Waals surface area contributed by atoms with Crippen molar-refractivity contribution in [1.29, 1.82) is 0 Å². The van der Waals surface area contributed by atoms with E-state index in [1.807, 2.05) is 48.5 Å². The van der Waals surface area contributed by atoms with E-state index in [4.69, 9.17) is 34.8 Å². The van der Waals surface area contributed by atoms with E-state index < -0.39 is 0 Å². The first-order chi connectivity index (χ1) is 13.6. The zero-order valence-electron chi connectivity index (χ0n) is 14.4. The normalized spacial score (nSPS) is 11.2. The molecule has 0 unspecified atom stereocenters. The van der Waals surface area contributed by atoms with Crippen LogP contribution in [-0.2, 0) is 0 Å². The van der Waals surface area contributed by atoms with Crippen LogP contribution in [0.4, 0.5) is 5.82 Å². The zero-order valence-corrected chi connectivity index (χ0v) is 16.7. The van der Waals surface area contributed by atoms with Crippen molar-refractivity contribution in [2.75, 3.05) is 5.43 Å². The molecule has 0 amide bonds. The Bertz CT molecular complexity index is 1170. The number of anilines is 1. The Morgan fingerprint density at radius 2 is 1.57 bits per heavy atom. The van der Waals surface area contributed by atoms with Crippen LogP contribution in [0.5, 0.6) is 0 Å². The minimum Gasteiger partial charge on any atom is -0.261 e. The standard InChI is InChI=1S/C21H13Cl3N4/c22-15-8-5-13(6-9-15)20-26-19-4-2-1-3-17(19)21(27-20)28-25-12-14-7-10-16(23)11-18(14)24/h1-12H,(H,26,27,28)/b25-12-. The Morgan fingerprint density at radius 3 is 2.36 bits per heavy atom. The summed E-state index contributed by atoms with van der Waals surface area (Å²) in [7, 11) is 0. The monoisotopic (exact) mass is 426 g/mol. The lowest BCUT2D eigenvalue weighted by Crippen LogP contribution is -1.99. The number of para-hydroxylation sites is 1. The van der Waals surface area contributed by atoms with Crippen LogP contribution in [0.25, 0.3) is 22.3 Å². The molecule has 1 N–H and O–H groups in total. The van der Waals surface area contributed by atoms with Crippen molar-refractivity contribution >= 4 is 57.7 Å². The number of hydrazone groups is 1. The van der Waals surface area contributed by atoms with Gasteiger partial charge in [-0.05, 0) is 48.5 Å². The number of benzene rings is 3. The van der Waals surface area contributed by atoms with E-state index in [2.05, 4.69) is 20.5 Å². The number of fused-ring (bicyclic) bond motifs is 1. The van der Waals surface area contributed by atoms with E-state index in [1.165, 1.54) is 0 Å². The number of nitrogens with one attached hydrogen (secondary N) is 1. The van der Waals surface area contributed by atoms with Crippen LogP contribution in [0, 0.1) is 0 Å². The van der Waals surface area contributed by atoms with Crippen LogP contribution >= 0.6 is 34.8 Å². The molecule has 0 aliphatic rings. The topological polar surface area (TPSA) is 50.2 Å². The Labute approximate surface area is 176 Å². The van der Waals surface area contributed by atoms with Gasteiger partial charge in [0.15, 0.2) is 11.6 Å². The van der Waals surface area contributed by atoms with E-state index in [9.17, 15) is 0 Å². The van der Waals surface area contributed by atoms with Gasteiger partial charge < -0.3 is 0 Å². The predicted molar refractivity (Wildman–Crippen MR) is 118 cm³/mol. The molecule has 7 heteroatoms. The summed E-state index contributed by atoms with van der Waals surface area (Å²) >= 11 is 18.1. The first kappa shape index (κ1) is 18.7. The van der Waals surface area contributed by atoms with Crippen molar-refractivity contribution in [2.24, 2.45) is 5.10 Å². The maximum atomic E-state index is 6.18. The van der Waals surface area contributed by atoms with Crippen LogP contribution < -0.4 is 5.43 Å². The highest BCUT2D eigenvalue weighted by molar-refractivity contribution is 6.36. The SMILES string of the molecule is Clc1ccc(-c2nc(N/N=C\c3ccc(Cl)cc3Cl)c3ccccc3n2)cc1. The van der Waals surface area contributed by atoms with Gasteiger partial charge in [-0.15, -0.1) is 0 Å². The molecule has 0 aliphatic heterocycles. The van der Waals surface area contributed by atoms with Gasteiger partial charge in [-0.3, -0.25) is 5.43 Å². The second kappa shape index (κ2) is 8.15. The summed E-state index contributed by atoms with van der Waals surface area (Å²) < 4.78 is 0. The number of hydrogen-bond acceptors (Lipinski definition) is 4. The summed E-state index contributed by atoms with van der Waals surface area (Å²) in [6.45, 7) is 0. The van der Waals surface area contributed by atoms with Crippen LogP contribution in [0.3, 0.4) is 0 Å². The number of halogens is 3. The third-order valence-corrected chi connectivity index (χ3v) is 4.86. The Balaban J connectivity index is 1.71. The molecule has 0 bridgehead atoms. The van der Waals surface area contributed by atoms with Crippen molar-refractivity contribution in [3.63, 3.8) is 0 Å². The second-order valence-corrected chi connectivity index (χ2v) is 7.24. The van der Waals surface area contributed by atoms with Gasteiger partial charge in [0.05, 0.1) is 16.8 Å². The number of hydrogen-bond donors (Lipinski definition) is 1. The maximum absolute atomic E-state index is 6.18. The number of rotatable bonds is 4. The van der Waals surface area contributed by atoms with Crippen molar-refractivity contribution in [2.45, 2.75) is 0 Å². The minimum absolute atomic E-state index is 0.521. The third-order valence-electron chi connectivity index (χ3n) is 4.04. The summed E-state index contributed by atoms with van der Waals surface area (Å²) in [5.41, 5.74) is 5.42. The average Bonchev–Trinajstić information content (AvgIpc) is 2.70. The number of aromatic nitrogens is 2. The largest absolute Gasteiger partial charge is 0.261 e. The zero-order chi connectivity index (χ0) is 19.5. The Morgan fingerprint density at radius 1 is 0.821 bits per heavy atom. The van der Waals surface area contributed by atoms with Gasteiger partial charge in [0, 0.05) is 26.6 Å². The molecule has 1 aromatic heterocycles. The van der Waals surface area contributed by atoms with Gasteiger partial charge in [0.25, 0.3) is 0 Å². The average molecular weight is 428 g/mol. The summed E-state index contributed by atoms with van der Waals surface area (Å²) in [6, 6.07) is 20.3. The molecule has 0 saturated heterocycles. The van der Waals surface area contributed by atoms with Crippen molar-refractivity contribution < 1.29 is 0 Å². The lowest BCUT2D eigenvalue weighted by molar-refractivity contribution is 1.19. The highest BCUT2D eigenvalue weighted by Crippen LogP contribution is 2.26. The molecule has 4 aromatic rings. The minimum atomic E-state index is 0.521. The molecule has 1 heterocycles. The first-order valence-electron chi connectivity index (χ1n) is 8.37. The van der Waals surface area contributed by atoms with Crippen LogP contribution in [0.15, 0.2) is 71.8 Å². The van der Waals surface area contributed by atoms with E-state index in [0.29, 0.717) is 26.7 Å². The molecular formula is C21H13Cl3N4. The van der Waals surface area contributed by atoms with Gasteiger partial charge in [-0.25, -0.2) is 9.97 Å². The van der Waals surface area contributed by atoms with E-state index in [-0.39, 0.29) is 0 Å². The molecule has 0 radical (unpaired) electrons. The molecule has 3 aromatic carbocycles. The lowest BCUT2D eigenvalue weighted by atomic mass is 10.2. The second-order valence-electron chi connectivity index (χ2n) is 5.96. The van der Waals surface area contributed by atoms with E-state index in [0.717, 1.165) is 22.0 Å². The molecule has 0 atom stereocenters. The third kappa shape index (κ3) is 4.09. The Hall–Kier alpha value is -2.66. The van der Waals surface area contributed by atoms with Gasteiger partial charge in [-0.1, -0.05) is 53.0 Å². The van der Waals surface area contributed by atoms with Gasteiger partial charge in [0.2, 0.25) is 0 Å². The summed E-state index contributed by atoms with van der Waals surface area (Å²) in [6.07, 6.45) is 1.62. The number of nitrogens with zero attached hydrogens (tertiary/aromatic N) is 3. The molecule has 0 fully saturated rings. The van der Waals surface area contributed by atoms with Crippen molar-refractivity contribution in [3.8, 4) is 11.4 Å². The lowest BCUT2D eigenvalue weighted by Gasteiger charge is -2.08. The molecule has 4 rings (SSSR count). The first-order valence-corrected chi connectivity index (χ1v) is 9.50. The van der Waals surface area contributed by atoms with Crippen molar-refractivity contribution in [3.05, 3.63) is 87.4 Å². The predicted octanol–water partition coefficient (Wildman–Crippen LogP) is 6.70. The molecule has 0 aliphatic carbocycles. The fraction of sp³-hybridized carbons (Fsp3) is 0. The van der Waals surface area contributed by atoms with Gasteiger partial charge in [0.1, 0.15) is 0 Å². The van der Waals surface area contributed by atoms with Crippen LogP contribution in [0.2, 0.25) is 15.1 Å². The van der Waals surface area contributed by atoms with E-state index >= 15 is 0 Å². The molecular weight excluding hydrogens is 415 g/mol. The van der Waals surface area contributed by atoms with Gasteiger partial charge >= 0.3 is 0 Å². The molecule has 0 spiro atoms. The summed E-state index contributed by atoms with van der Waals surface area (Å²) in [5.74, 6) is 1.18. The van der Waals surface area contributed by atoms with Crippen LogP contribution in [-0.4, -0.2) is 16.2 Å². The highest BCUT2D eigenvalue weighted by atomic mass is 35.5. The smallest absolute Gasteiger partial charge is 0.162 e. The molecule has 0 saturated carbocycles. The van der Waals surface area contributed by atoms with Crippen LogP contribution in [0.1, 0.15) is 5.56 Å².